The Hall–Kier alpha value is -1.52. The molecule has 0 aromatic rings. The summed E-state index contributed by atoms with van der Waals surface area (Å²) in [5, 5.41) is 45.9. The lowest BCUT2D eigenvalue weighted by molar-refractivity contribution is -0.167. The van der Waals surface area contributed by atoms with E-state index < -0.39 is 42.9 Å². The highest BCUT2D eigenvalue weighted by Gasteiger charge is 2.34. The van der Waals surface area contributed by atoms with Gasteiger partial charge < -0.3 is 30.4 Å². The minimum absolute atomic E-state index is 0.239. The molecule has 4 atom stereocenters. The molecule has 0 rings (SSSR count). The van der Waals surface area contributed by atoms with Crippen LogP contribution in [0.25, 0.3) is 0 Å². The number of hydrogen-bond acceptors (Lipinski definition) is 8. The second-order valence-corrected chi connectivity index (χ2v) is 4.33. The molecule has 0 radical (unpaired) electrons. The van der Waals surface area contributed by atoms with E-state index in [-0.39, 0.29) is 5.57 Å². The maximum absolute atomic E-state index is 11.4. The second kappa shape index (κ2) is 9.42. The van der Waals surface area contributed by atoms with Crippen LogP contribution in [0, 0.1) is 0 Å². The van der Waals surface area contributed by atoms with Gasteiger partial charge in [-0.15, -0.1) is 0 Å². The summed E-state index contributed by atoms with van der Waals surface area (Å²) in [5.74, 6) is -2.13. The normalized spacial score (nSPS) is 17.6. The summed E-state index contributed by atoms with van der Waals surface area (Å²) in [6, 6.07) is 0. The van der Waals surface area contributed by atoms with Crippen LogP contribution in [0.4, 0.5) is 0 Å². The first-order valence-corrected chi connectivity index (χ1v) is 6.27. The molecular weight excluding hydrogens is 286 g/mol. The van der Waals surface area contributed by atoms with Crippen molar-refractivity contribution in [2.24, 2.45) is 0 Å². The molecule has 21 heavy (non-hydrogen) atoms. The van der Waals surface area contributed by atoms with Gasteiger partial charge in [0.1, 0.15) is 18.3 Å². The van der Waals surface area contributed by atoms with E-state index >= 15 is 0 Å². The fourth-order valence-corrected chi connectivity index (χ4v) is 1.30. The zero-order chi connectivity index (χ0) is 16.6. The Bertz CT molecular complexity index is 383. The summed E-state index contributed by atoms with van der Waals surface area (Å²) in [6.07, 6.45) is -5.78. The van der Waals surface area contributed by atoms with Crippen molar-refractivity contribution in [3.05, 3.63) is 11.6 Å². The Morgan fingerprint density at radius 2 is 1.76 bits per heavy atom. The number of amides is 1. The van der Waals surface area contributed by atoms with Crippen LogP contribution < -0.4 is 5.48 Å². The molecule has 0 fully saturated rings. The van der Waals surface area contributed by atoms with E-state index in [9.17, 15) is 24.9 Å². The van der Waals surface area contributed by atoms with Crippen molar-refractivity contribution in [3.63, 3.8) is 0 Å². The van der Waals surface area contributed by atoms with Crippen molar-refractivity contribution in [1.82, 2.24) is 5.48 Å². The first-order valence-electron chi connectivity index (χ1n) is 6.27. The number of nitrogens with one attached hydrogen (secondary N) is 1. The molecule has 122 valence electrons. The lowest BCUT2D eigenvalue weighted by Crippen LogP contribution is -2.51. The molecule has 0 aromatic heterocycles. The number of aliphatic hydroxyl groups is 5. The molecular formula is C12H21NO8. The molecule has 0 saturated carbocycles. The molecule has 0 spiro atoms. The maximum atomic E-state index is 11.4. The van der Waals surface area contributed by atoms with E-state index in [0.717, 1.165) is 0 Å². The number of carbonyl (C=O) groups excluding carboxylic acids is 2. The maximum Gasteiger partial charge on any atom is 0.358 e. The van der Waals surface area contributed by atoms with E-state index in [1.165, 1.54) is 6.92 Å². The Morgan fingerprint density at radius 3 is 2.24 bits per heavy atom. The largest absolute Gasteiger partial charge is 0.394 e. The van der Waals surface area contributed by atoms with Crippen LogP contribution >= 0.6 is 0 Å². The predicted octanol–water partition coefficient (Wildman–Crippen LogP) is -2.65. The Kier molecular flexibility index (Phi) is 8.74. The molecule has 0 aliphatic rings. The van der Waals surface area contributed by atoms with Gasteiger partial charge in [-0.25, -0.2) is 4.79 Å². The van der Waals surface area contributed by atoms with Crippen LogP contribution in [0.1, 0.15) is 20.3 Å². The zero-order valence-electron chi connectivity index (χ0n) is 11.8. The third-order valence-electron chi connectivity index (χ3n) is 2.60. The van der Waals surface area contributed by atoms with Crippen molar-refractivity contribution in [3.8, 4) is 0 Å². The molecule has 0 bridgehead atoms. The van der Waals surface area contributed by atoms with Gasteiger partial charge in [-0.3, -0.25) is 4.79 Å². The summed E-state index contributed by atoms with van der Waals surface area (Å²) >= 11 is 0. The first-order chi connectivity index (χ1) is 9.76. The molecule has 0 unspecified atom stereocenters. The molecule has 0 aromatic carbocycles. The van der Waals surface area contributed by atoms with Gasteiger partial charge in [-0.1, -0.05) is 13.0 Å². The predicted molar refractivity (Wildman–Crippen MR) is 69.4 cm³/mol. The first kappa shape index (κ1) is 19.5. The molecule has 1 amide bonds. The fraction of sp³-hybridized carbons (Fsp3) is 0.667. The summed E-state index contributed by atoms with van der Waals surface area (Å²) in [4.78, 5) is 27.1. The summed E-state index contributed by atoms with van der Waals surface area (Å²) in [6.45, 7) is 2.39. The summed E-state index contributed by atoms with van der Waals surface area (Å²) < 4.78 is 0. The topological polar surface area (TPSA) is 157 Å². The molecule has 9 nitrogen and oxygen atoms in total. The molecule has 0 aliphatic heterocycles. The lowest BCUT2D eigenvalue weighted by Gasteiger charge is -2.24. The molecule has 0 aliphatic carbocycles. The zero-order valence-corrected chi connectivity index (χ0v) is 11.8. The van der Waals surface area contributed by atoms with Gasteiger partial charge in [-0.2, -0.15) is 5.48 Å². The molecule has 6 N–H and O–H groups in total. The van der Waals surface area contributed by atoms with Gasteiger partial charge in [0, 0.05) is 5.57 Å². The van der Waals surface area contributed by atoms with Crippen molar-refractivity contribution in [2.45, 2.75) is 44.7 Å². The van der Waals surface area contributed by atoms with Gasteiger partial charge in [0.15, 0.2) is 6.10 Å². The van der Waals surface area contributed by atoms with Gasteiger partial charge in [0.2, 0.25) is 0 Å². The van der Waals surface area contributed by atoms with E-state index in [1.807, 2.05) is 0 Å². The smallest absolute Gasteiger partial charge is 0.358 e. The second-order valence-electron chi connectivity index (χ2n) is 4.33. The van der Waals surface area contributed by atoms with Crippen LogP contribution in [0.2, 0.25) is 0 Å². The van der Waals surface area contributed by atoms with Gasteiger partial charge in [0.25, 0.3) is 5.91 Å². The minimum Gasteiger partial charge on any atom is -0.394 e. The summed E-state index contributed by atoms with van der Waals surface area (Å²) in [5.41, 5.74) is 1.86. The fourth-order valence-electron chi connectivity index (χ4n) is 1.30. The van der Waals surface area contributed by atoms with Crippen LogP contribution in [0.3, 0.4) is 0 Å². The quantitative estimate of drug-likeness (QED) is 0.220. The van der Waals surface area contributed by atoms with Crippen LogP contribution in [0.5, 0.6) is 0 Å². The van der Waals surface area contributed by atoms with E-state index in [0.29, 0.717) is 6.42 Å². The van der Waals surface area contributed by atoms with Crippen LogP contribution in [0.15, 0.2) is 11.6 Å². The molecule has 9 heteroatoms. The average Bonchev–Trinajstić information content (AvgIpc) is 2.49. The SMILES string of the molecule is CCC=C(C)C(=O)ONC(=O)[C@H](O)[C@@H](O)[C@H](O)[C@H](O)CO. The van der Waals surface area contributed by atoms with Gasteiger partial charge in [-0.05, 0) is 13.3 Å². The number of rotatable bonds is 7. The molecule has 0 saturated heterocycles. The van der Waals surface area contributed by atoms with Crippen LogP contribution in [-0.4, -0.2) is 68.4 Å². The Labute approximate surface area is 121 Å². The average molecular weight is 307 g/mol. The molecule has 0 heterocycles. The van der Waals surface area contributed by atoms with E-state index in [4.69, 9.17) is 10.2 Å². The van der Waals surface area contributed by atoms with Gasteiger partial charge >= 0.3 is 5.97 Å². The highest BCUT2D eigenvalue weighted by molar-refractivity contribution is 5.89. The van der Waals surface area contributed by atoms with E-state index in [2.05, 4.69) is 4.84 Å². The highest BCUT2D eigenvalue weighted by atomic mass is 16.7. The standard InChI is InChI=1S/C12H21NO8/c1-3-4-6(2)12(20)21-13-11(19)10(18)9(17)8(16)7(15)5-14/h4,7-10,14-18H,3,5H2,1-2H3,(H,13,19)/t7-,8-,9+,10-/m1/s1. The van der Waals surface area contributed by atoms with Gasteiger partial charge in [0.05, 0.1) is 6.61 Å². The van der Waals surface area contributed by atoms with Crippen molar-refractivity contribution in [1.29, 1.82) is 0 Å². The van der Waals surface area contributed by atoms with Crippen molar-refractivity contribution in [2.75, 3.05) is 6.61 Å². The number of hydrogen-bond donors (Lipinski definition) is 6. The number of hydroxylamine groups is 1. The van der Waals surface area contributed by atoms with Crippen LogP contribution in [-0.2, 0) is 14.4 Å². The lowest BCUT2D eigenvalue weighted by atomic mass is 10.0. The monoisotopic (exact) mass is 307 g/mol. The number of aliphatic hydroxyl groups excluding tert-OH is 5. The third-order valence-corrected chi connectivity index (χ3v) is 2.60. The summed E-state index contributed by atoms with van der Waals surface area (Å²) in [7, 11) is 0. The third kappa shape index (κ3) is 6.19. The minimum atomic E-state index is -2.16. The van der Waals surface area contributed by atoms with Crippen molar-refractivity contribution >= 4 is 11.9 Å². The van der Waals surface area contributed by atoms with Crippen molar-refractivity contribution < 1.29 is 40.0 Å². The Balaban J connectivity index is 4.46. The Morgan fingerprint density at radius 1 is 1.19 bits per heavy atom. The van der Waals surface area contributed by atoms with E-state index in [1.54, 1.807) is 18.5 Å². The number of carbonyl (C=O) groups is 2. The number of allylic oxidation sites excluding steroid dienone is 1. The highest BCUT2D eigenvalue weighted by Crippen LogP contribution is 2.05.